The van der Waals surface area contributed by atoms with E-state index in [0.717, 1.165) is 16.3 Å². The summed E-state index contributed by atoms with van der Waals surface area (Å²) in [6, 6.07) is 8.59. The van der Waals surface area contributed by atoms with Crippen molar-refractivity contribution < 1.29 is 14.3 Å². The highest BCUT2D eigenvalue weighted by Gasteiger charge is 2.16. The fourth-order valence-electron chi connectivity index (χ4n) is 1.72. The molecule has 100 valence electrons. The van der Waals surface area contributed by atoms with Crippen LogP contribution in [0.15, 0.2) is 36.5 Å². The lowest BCUT2D eigenvalue weighted by Crippen LogP contribution is -2.05. The van der Waals surface area contributed by atoms with Crippen molar-refractivity contribution in [2.24, 2.45) is 0 Å². The summed E-state index contributed by atoms with van der Waals surface area (Å²) >= 11 is 1.34. The van der Waals surface area contributed by atoms with Gasteiger partial charge in [0.2, 0.25) is 0 Å². The van der Waals surface area contributed by atoms with Gasteiger partial charge in [-0.1, -0.05) is 23.5 Å². The number of pyridine rings is 1. The highest BCUT2D eigenvalue weighted by atomic mass is 32.1. The second kappa shape index (κ2) is 4.86. The maximum Gasteiger partial charge on any atom is 0.338 e. The highest BCUT2D eigenvalue weighted by Crippen LogP contribution is 2.28. The van der Waals surface area contributed by atoms with Crippen molar-refractivity contribution >= 4 is 38.5 Å². The first-order chi connectivity index (χ1) is 9.65. The number of nitrogens with zero attached hydrogens (tertiary/aromatic N) is 2. The smallest absolute Gasteiger partial charge is 0.338 e. The van der Waals surface area contributed by atoms with E-state index in [-0.39, 0.29) is 5.82 Å². The Morgan fingerprint density at radius 3 is 2.85 bits per heavy atom. The Morgan fingerprint density at radius 1 is 1.30 bits per heavy atom. The maximum absolute atomic E-state index is 13.9. The van der Waals surface area contributed by atoms with E-state index in [4.69, 9.17) is 5.11 Å². The predicted octanol–water partition coefficient (Wildman–Crippen LogP) is 3.27. The van der Waals surface area contributed by atoms with Crippen LogP contribution in [0.5, 0.6) is 0 Å². The fourth-order valence-corrected chi connectivity index (χ4v) is 2.59. The molecule has 2 aromatic heterocycles. The summed E-state index contributed by atoms with van der Waals surface area (Å²) < 4.78 is 14.9. The molecular formula is C13H8FN3O2S. The van der Waals surface area contributed by atoms with Gasteiger partial charge in [-0.3, -0.25) is 0 Å². The molecule has 20 heavy (non-hydrogen) atoms. The van der Waals surface area contributed by atoms with E-state index < -0.39 is 17.3 Å². The van der Waals surface area contributed by atoms with Crippen molar-refractivity contribution in [1.82, 2.24) is 9.97 Å². The van der Waals surface area contributed by atoms with Gasteiger partial charge in [0.15, 0.2) is 16.8 Å². The number of aromatic carboxylic acids is 1. The summed E-state index contributed by atoms with van der Waals surface area (Å²) in [7, 11) is 0. The van der Waals surface area contributed by atoms with Crippen LogP contribution in [0.3, 0.4) is 0 Å². The SMILES string of the molecule is O=C(O)c1ccnc(Nc2nc3ccccc3s2)c1F. The van der Waals surface area contributed by atoms with Crippen molar-refractivity contribution in [2.45, 2.75) is 0 Å². The molecule has 0 saturated heterocycles. The van der Waals surface area contributed by atoms with Gasteiger partial charge in [-0.25, -0.2) is 19.2 Å². The molecule has 0 saturated carbocycles. The van der Waals surface area contributed by atoms with Gasteiger partial charge in [0.25, 0.3) is 0 Å². The summed E-state index contributed by atoms with van der Waals surface area (Å²) in [5, 5.41) is 12.0. The molecule has 0 atom stereocenters. The molecule has 0 bridgehead atoms. The Morgan fingerprint density at radius 2 is 2.10 bits per heavy atom. The van der Waals surface area contributed by atoms with E-state index in [1.54, 1.807) is 0 Å². The summed E-state index contributed by atoms with van der Waals surface area (Å²) in [5.41, 5.74) is 0.360. The molecule has 0 fully saturated rings. The quantitative estimate of drug-likeness (QED) is 0.774. The van der Waals surface area contributed by atoms with Crippen LogP contribution in [-0.4, -0.2) is 21.0 Å². The summed E-state index contributed by atoms with van der Waals surface area (Å²) in [6.45, 7) is 0. The van der Waals surface area contributed by atoms with Gasteiger partial charge in [0.05, 0.1) is 10.2 Å². The molecule has 0 unspecified atom stereocenters. The number of carboxylic acids is 1. The van der Waals surface area contributed by atoms with E-state index in [9.17, 15) is 9.18 Å². The number of nitrogens with one attached hydrogen (secondary N) is 1. The van der Waals surface area contributed by atoms with Gasteiger partial charge in [0.1, 0.15) is 5.56 Å². The Balaban J connectivity index is 1.98. The molecule has 7 heteroatoms. The van der Waals surface area contributed by atoms with E-state index in [2.05, 4.69) is 15.3 Å². The number of thiazole rings is 1. The third-order valence-corrected chi connectivity index (χ3v) is 3.59. The van der Waals surface area contributed by atoms with Crippen LogP contribution in [0.1, 0.15) is 10.4 Å². The number of anilines is 2. The van der Waals surface area contributed by atoms with Gasteiger partial charge in [0, 0.05) is 6.20 Å². The number of halogens is 1. The van der Waals surface area contributed by atoms with E-state index in [0.29, 0.717) is 5.13 Å². The summed E-state index contributed by atoms with van der Waals surface area (Å²) in [6.07, 6.45) is 1.24. The lowest BCUT2D eigenvalue weighted by atomic mass is 10.2. The number of benzene rings is 1. The molecular weight excluding hydrogens is 281 g/mol. The normalized spacial score (nSPS) is 10.7. The number of hydrogen-bond acceptors (Lipinski definition) is 5. The zero-order chi connectivity index (χ0) is 14.1. The molecule has 0 radical (unpaired) electrons. The molecule has 3 aromatic rings. The Bertz CT molecular complexity index is 770. The van der Waals surface area contributed by atoms with Crippen LogP contribution >= 0.6 is 11.3 Å². The first-order valence-electron chi connectivity index (χ1n) is 5.65. The third-order valence-electron chi connectivity index (χ3n) is 2.64. The number of hydrogen-bond donors (Lipinski definition) is 2. The monoisotopic (exact) mass is 289 g/mol. The van der Waals surface area contributed by atoms with Gasteiger partial charge in [-0.05, 0) is 18.2 Å². The van der Waals surface area contributed by atoms with Crippen LogP contribution in [0.2, 0.25) is 0 Å². The minimum absolute atomic E-state index is 0.149. The minimum atomic E-state index is -1.34. The molecule has 0 aliphatic rings. The van der Waals surface area contributed by atoms with Crippen molar-refractivity contribution in [3.63, 3.8) is 0 Å². The van der Waals surface area contributed by atoms with E-state index in [1.807, 2.05) is 24.3 Å². The molecule has 3 rings (SSSR count). The Labute approximate surface area is 116 Å². The van der Waals surface area contributed by atoms with Crippen LogP contribution < -0.4 is 5.32 Å². The molecule has 0 amide bonds. The number of aromatic nitrogens is 2. The topological polar surface area (TPSA) is 75.1 Å². The van der Waals surface area contributed by atoms with Crippen molar-refractivity contribution in [3.05, 3.63) is 47.9 Å². The van der Waals surface area contributed by atoms with Crippen LogP contribution in [0, 0.1) is 5.82 Å². The standard InChI is InChI=1S/C13H8FN3O2S/c14-10-7(12(18)19)5-6-15-11(10)17-13-16-8-3-1-2-4-9(8)20-13/h1-6H,(H,18,19)(H,15,16,17). The van der Waals surface area contributed by atoms with Crippen LogP contribution in [0.4, 0.5) is 15.3 Å². The fraction of sp³-hybridized carbons (Fsp3) is 0. The predicted molar refractivity (Wildman–Crippen MR) is 74.1 cm³/mol. The van der Waals surface area contributed by atoms with E-state index in [1.165, 1.54) is 17.5 Å². The maximum atomic E-state index is 13.9. The third kappa shape index (κ3) is 2.19. The average molecular weight is 289 g/mol. The first-order valence-corrected chi connectivity index (χ1v) is 6.47. The van der Waals surface area contributed by atoms with Gasteiger partial charge in [-0.15, -0.1) is 0 Å². The number of para-hydroxylation sites is 1. The largest absolute Gasteiger partial charge is 0.478 e. The molecule has 1 aromatic carbocycles. The molecule has 0 aliphatic heterocycles. The average Bonchev–Trinajstić information content (AvgIpc) is 2.83. The van der Waals surface area contributed by atoms with Crippen molar-refractivity contribution in [2.75, 3.05) is 5.32 Å². The minimum Gasteiger partial charge on any atom is -0.478 e. The number of carboxylic acid groups (broad SMARTS) is 1. The van der Waals surface area contributed by atoms with Crippen LogP contribution in [-0.2, 0) is 0 Å². The summed E-state index contributed by atoms with van der Waals surface area (Å²) in [5.74, 6) is -2.39. The Kier molecular flexibility index (Phi) is 3.03. The second-order valence-corrected chi connectivity index (χ2v) is 4.97. The molecule has 0 spiro atoms. The van der Waals surface area contributed by atoms with Crippen LogP contribution in [0.25, 0.3) is 10.2 Å². The number of carbonyl (C=O) groups is 1. The molecule has 5 nitrogen and oxygen atoms in total. The second-order valence-electron chi connectivity index (χ2n) is 3.94. The van der Waals surface area contributed by atoms with Crippen molar-refractivity contribution in [3.8, 4) is 0 Å². The Hall–Kier alpha value is -2.54. The zero-order valence-electron chi connectivity index (χ0n) is 10.0. The van der Waals surface area contributed by atoms with Gasteiger partial charge in [-0.2, -0.15) is 0 Å². The number of rotatable bonds is 3. The van der Waals surface area contributed by atoms with E-state index >= 15 is 0 Å². The summed E-state index contributed by atoms with van der Waals surface area (Å²) in [4.78, 5) is 18.9. The molecule has 0 aliphatic carbocycles. The number of fused-ring (bicyclic) bond motifs is 1. The van der Waals surface area contributed by atoms with Crippen molar-refractivity contribution in [1.29, 1.82) is 0 Å². The first kappa shape index (κ1) is 12.5. The lowest BCUT2D eigenvalue weighted by molar-refractivity contribution is 0.0692. The highest BCUT2D eigenvalue weighted by molar-refractivity contribution is 7.22. The zero-order valence-corrected chi connectivity index (χ0v) is 10.8. The van der Waals surface area contributed by atoms with Gasteiger partial charge >= 0.3 is 5.97 Å². The van der Waals surface area contributed by atoms with Gasteiger partial charge < -0.3 is 10.4 Å². The lowest BCUT2D eigenvalue weighted by Gasteiger charge is -2.04. The molecule has 2 N–H and O–H groups in total. The molecule has 2 heterocycles.